The van der Waals surface area contributed by atoms with E-state index in [0.717, 1.165) is 16.8 Å². The second kappa shape index (κ2) is 8.61. The van der Waals surface area contributed by atoms with Crippen LogP contribution in [0.4, 0.5) is 11.4 Å². The maximum absolute atomic E-state index is 12.6. The highest BCUT2D eigenvalue weighted by atomic mass is 32.2. The van der Waals surface area contributed by atoms with E-state index in [-0.39, 0.29) is 16.8 Å². The van der Waals surface area contributed by atoms with Crippen LogP contribution in [0.1, 0.15) is 10.4 Å². The number of sulfonamides is 1. The topological polar surface area (TPSA) is 117 Å². The van der Waals surface area contributed by atoms with Crippen molar-refractivity contribution in [3.8, 4) is 6.07 Å². The number of anilines is 2. The predicted molar refractivity (Wildman–Crippen MR) is 114 cm³/mol. The number of fused-ring (bicyclic) bond motifs is 1. The van der Waals surface area contributed by atoms with Crippen molar-refractivity contribution in [1.29, 1.82) is 5.26 Å². The summed E-state index contributed by atoms with van der Waals surface area (Å²) in [5, 5.41) is 9.98. The summed E-state index contributed by atoms with van der Waals surface area (Å²) in [4.78, 5) is 27.7. The highest BCUT2D eigenvalue weighted by Crippen LogP contribution is 2.46. The van der Waals surface area contributed by atoms with Crippen LogP contribution in [0.25, 0.3) is 0 Å². The molecule has 0 amide bonds. The van der Waals surface area contributed by atoms with Crippen LogP contribution in [0.3, 0.4) is 0 Å². The third kappa shape index (κ3) is 4.64. The molecular weight excluding hydrogens is 426 g/mol. The molecular formula is C20H17N3O5S2. The minimum Gasteiger partial charge on any atom is -0.454 e. The summed E-state index contributed by atoms with van der Waals surface area (Å²) < 4.78 is 30.2. The lowest BCUT2D eigenvalue weighted by molar-refractivity contribution is -0.118. The Morgan fingerprint density at radius 1 is 1.17 bits per heavy atom. The van der Waals surface area contributed by atoms with Crippen LogP contribution in [-0.4, -0.2) is 40.1 Å². The summed E-state index contributed by atoms with van der Waals surface area (Å²) >= 11 is 1.29. The number of Topliss-reactive ketones (excluding diaryl/α,β-unsaturated/α-hetero) is 1. The number of nitrogens with one attached hydrogen (secondary N) is 1. The Morgan fingerprint density at radius 3 is 2.50 bits per heavy atom. The molecule has 0 aliphatic carbocycles. The Morgan fingerprint density at radius 2 is 1.83 bits per heavy atom. The van der Waals surface area contributed by atoms with Crippen molar-refractivity contribution in [2.24, 2.45) is 0 Å². The molecule has 1 N–H and O–H groups in total. The van der Waals surface area contributed by atoms with Gasteiger partial charge in [-0.2, -0.15) is 5.26 Å². The summed E-state index contributed by atoms with van der Waals surface area (Å²) in [6.07, 6.45) is 0.956. The number of hydrogen-bond acceptors (Lipinski definition) is 8. The lowest BCUT2D eigenvalue weighted by Crippen LogP contribution is -2.21. The molecule has 1 aliphatic rings. The molecule has 0 saturated carbocycles. The molecule has 0 radical (unpaired) electrons. The fourth-order valence-corrected chi connectivity index (χ4v) is 4.52. The van der Waals surface area contributed by atoms with E-state index in [2.05, 4.69) is 4.72 Å². The number of thioether (sulfide) groups is 1. The first-order valence-electron chi connectivity index (χ1n) is 8.63. The number of hydrogen-bond donors (Lipinski definition) is 1. The Balaban J connectivity index is 1.76. The van der Waals surface area contributed by atoms with Crippen LogP contribution < -0.4 is 9.62 Å². The number of esters is 1. The Bertz CT molecular complexity index is 1200. The maximum atomic E-state index is 12.6. The van der Waals surface area contributed by atoms with Crippen LogP contribution in [0.15, 0.2) is 64.0 Å². The Labute approximate surface area is 178 Å². The lowest BCUT2D eigenvalue weighted by atomic mass is 10.2. The molecule has 0 bridgehead atoms. The summed E-state index contributed by atoms with van der Waals surface area (Å²) in [7, 11) is -1.86. The van der Waals surface area contributed by atoms with E-state index in [1.54, 1.807) is 18.0 Å². The van der Waals surface area contributed by atoms with E-state index in [0.29, 0.717) is 5.03 Å². The first kappa shape index (κ1) is 21.4. The van der Waals surface area contributed by atoms with E-state index in [1.807, 2.05) is 30.3 Å². The first-order valence-corrected chi connectivity index (χ1v) is 11.3. The van der Waals surface area contributed by atoms with Gasteiger partial charge in [0.05, 0.1) is 23.2 Å². The van der Waals surface area contributed by atoms with Gasteiger partial charge in [-0.1, -0.05) is 36.0 Å². The van der Waals surface area contributed by atoms with E-state index in [4.69, 9.17) is 4.74 Å². The number of para-hydroxylation sites is 2. The standard InChI is InChI=1S/C20H17N3O5S2/c1-23-16-9-5-6-10-18(16)29-19(23)14(11-21)17(24)12-28-20(25)13-7-3-4-8-15(13)22-30(2,26)27/h3-10,22H,12H2,1-2H3/b19-14+. The average molecular weight is 444 g/mol. The zero-order valence-electron chi connectivity index (χ0n) is 16.1. The van der Waals surface area contributed by atoms with E-state index in [1.165, 1.54) is 30.0 Å². The van der Waals surface area contributed by atoms with Gasteiger partial charge in [-0.25, -0.2) is 13.2 Å². The largest absolute Gasteiger partial charge is 0.454 e. The Hall–Kier alpha value is -3.29. The number of ether oxygens (including phenoxy) is 1. The number of carbonyl (C=O) groups is 2. The van der Waals surface area contributed by atoms with Gasteiger partial charge in [0.15, 0.2) is 6.61 Å². The normalized spacial score (nSPS) is 14.5. The second-order valence-corrected chi connectivity index (χ2v) is 9.12. The molecule has 2 aromatic carbocycles. The first-order chi connectivity index (χ1) is 14.2. The molecule has 30 heavy (non-hydrogen) atoms. The van der Waals surface area contributed by atoms with Crippen molar-refractivity contribution in [3.63, 3.8) is 0 Å². The zero-order valence-corrected chi connectivity index (χ0v) is 17.7. The Kier molecular flexibility index (Phi) is 6.14. The predicted octanol–water partition coefficient (Wildman–Crippen LogP) is 2.76. The smallest absolute Gasteiger partial charge is 0.340 e. The minimum absolute atomic E-state index is 0.0397. The second-order valence-electron chi connectivity index (χ2n) is 6.34. The lowest BCUT2D eigenvalue weighted by Gasteiger charge is -2.15. The van der Waals surface area contributed by atoms with Crippen molar-refractivity contribution in [2.75, 3.05) is 29.5 Å². The van der Waals surface area contributed by atoms with Crippen LogP contribution >= 0.6 is 11.8 Å². The van der Waals surface area contributed by atoms with Crippen molar-refractivity contribution in [3.05, 3.63) is 64.7 Å². The summed E-state index contributed by atoms with van der Waals surface area (Å²) in [5.41, 5.74) is 0.754. The van der Waals surface area contributed by atoms with E-state index >= 15 is 0 Å². The third-order valence-corrected chi connectivity index (χ3v) is 5.95. The molecule has 1 heterocycles. The molecule has 0 atom stereocenters. The minimum atomic E-state index is -3.61. The average Bonchev–Trinajstić information content (AvgIpc) is 3.02. The van der Waals surface area contributed by atoms with Crippen LogP contribution in [0.2, 0.25) is 0 Å². The highest BCUT2D eigenvalue weighted by Gasteiger charge is 2.28. The van der Waals surface area contributed by atoms with Crippen molar-refractivity contribution < 1.29 is 22.7 Å². The fourth-order valence-electron chi connectivity index (χ4n) is 2.78. The molecule has 0 aromatic heterocycles. The monoisotopic (exact) mass is 443 g/mol. The highest BCUT2D eigenvalue weighted by molar-refractivity contribution is 8.03. The number of rotatable bonds is 6. The fraction of sp³-hybridized carbons (Fsp3) is 0.150. The number of nitriles is 1. The van der Waals surface area contributed by atoms with Crippen molar-refractivity contribution in [2.45, 2.75) is 4.90 Å². The maximum Gasteiger partial charge on any atom is 0.340 e. The molecule has 0 spiro atoms. The van der Waals surface area contributed by atoms with Gasteiger partial charge in [-0.15, -0.1) is 0 Å². The van der Waals surface area contributed by atoms with Crippen LogP contribution in [-0.2, 0) is 19.6 Å². The zero-order chi connectivity index (χ0) is 21.9. The van der Waals surface area contributed by atoms with E-state index < -0.39 is 28.4 Å². The van der Waals surface area contributed by atoms with Gasteiger partial charge in [-0.3, -0.25) is 9.52 Å². The van der Waals surface area contributed by atoms with Gasteiger partial charge in [0.25, 0.3) is 0 Å². The number of benzene rings is 2. The van der Waals surface area contributed by atoms with Gasteiger partial charge in [0, 0.05) is 11.9 Å². The SMILES string of the molecule is CN1/C(=C(/C#N)C(=O)COC(=O)c2ccccc2NS(C)(=O)=O)Sc2ccccc21. The molecule has 154 valence electrons. The van der Waals surface area contributed by atoms with Gasteiger partial charge < -0.3 is 9.64 Å². The van der Waals surface area contributed by atoms with E-state index in [9.17, 15) is 23.3 Å². The number of carbonyl (C=O) groups excluding carboxylic acids is 2. The molecule has 3 rings (SSSR count). The molecule has 2 aromatic rings. The van der Waals surface area contributed by atoms with Crippen LogP contribution in [0.5, 0.6) is 0 Å². The van der Waals surface area contributed by atoms with Gasteiger partial charge in [-0.05, 0) is 24.3 Å². The quantitative estimate of drug-likeness (QED) is 0.412. The summed E-state index contributed by atoms with van der Waals surface area (Å²) in [6, 6.07) is 15.3. The van der Waals surface area contributed by atoms with Crippen molar-refractivity contribution >= 4 is 44.9 Å². The number of nitrogens with zero attached hydrogens (tertiary/aromatic N) is 2. The van der Waals surface area contributed by atoms with Crippen LogP contribution in [0, 0.1) is 11.3 Å². The number of ketones is 1. The van der Waals surface area contributed by atoms with Crippen molar-refractivity contribution in [1.82, 2.24) is 0 Å². The molecule has 0 fully saturated rings. The third-order valence-electron chi connectivity index (χ3n) is 4.12. The molecule has 1 aliphatic heterocycles. The molecule has 8 nitrogen and oxygen atoms in total. The molecule has 0 unspecified atom stereocenters. The summed E-state index contributed by atoms with van der Waals surface area (Å²) in [6.45, 7) is -0.650. The molecule has 0 saturated heterocycles. The van der Waals surface area contributed by atoms with Gasteiger partial charge >= 0.3 is 5.97 Å². The van der Waals surface area contributed by atoms with Gasteiger partial charge in [0.1, 0.15) is 16.7 Å². The van der Waals surface area contributed by atoms with Gasteiger partial charge in [0.2, 0.25) is 15.8 Å². The summed E-state index contributed by atoms with van der Waals surface area (Å²) in [5.74, 6) is -1.53. The molecule has 10 heteroatoms.